The molecule has 0 radical (unpaired) electrons. The van der Waals surface area contributed by atoms with E-state index in [1.165, 1.54) is 18.2 Å². The minimum atomic E-state index is -0.301. The molecule has 27 heavy (non-hydrogen) atoms. The van der Waals surface area contributed by atoms with E-state index in [1.807, 2.05) is 45.0 Å². The number of hydrogen-bond acceptors (Lipinski definition) is 3. The first-order valence-corrected chi connectivity index (χ1v) is 9.18. The van der Waals surface area contributed by atoms with Gasteiger partial charge in [-0.05, 0) is 62.2 Å². The zero-order valence-corrected chi connectivity index (χ0v) is 16.1. The van der Waals surface area contributed by atoms with Crippen molar-refractivity contribution in [3.8, 4) is 11.5 Å². The molecule has 2 aromatic rings. The average Bonchev–Trinajstić information content (AvgIpc) is 2.66. The summed E-state index contributed by atoms with van der Waals surface area (Å²) in [7, 11) is 0. The monoisotopic (exact) mass is 371 g/mol. The molecule has 0 saturated carbocycles. The molecule has 0 aliphatic carbocycles. The fourth-order valence-corrected chi connectivity index (χ4v) is 2.65. The Balaban J connectivity index is 2.10. The number of rotatable bonds is 9. The lowest BCUT2D eigenvalue weighted by Gasteiger charge is -2.19. The van der Waals surface area contributed by atoms with E-state index in [-0.39, 0.29) is 11.7 Å². The van der Waals surface area contributed by atoms with E-state index in [4.69, 9.17) is 9.47 Å². The number of amides is 1. The van der Waals surface area contributed by atoms with Crippen molar-refractivity contribution < 1.29 is 18.7 Å². The van der Waals surface area contributed by atoms with Crippen LogP contribution in [0.5, 0.6) is 11.5 Å². The Morgan fingerprint density at radius 3 is 2.44 bits per heavy atom. The fourth-order valence-electron chi connectivity index (χ4n) is 2.65. The summed E-state index contributed by atoms with van der Waals surface area (Å²) in [6.45, 7) is 7.71. The Hall–Kier alpha value is -2.82. The highest BCUT2D eigenvalue weighted by molar-refractivity contribution is 5.91. The molecule has 0 heterocycles. The van der Waals surface area contributed by atoms with E-state index in [0.29, 0.717) is 37.8 Å². The molecule has 0 fully saturated rings. The summed E-state index contributed by atoms with van der Waals surface area (Å²) in [5.41, 5.74) is 1.61. The van der Waals surface area contributed by atoms with Crippen LogP contribution in [0.15, 0.2) is 48.5 Å². The lowest BCUT2D eigenvalue weighted by atomic mass is 10.1. The standard InChI is InChI=1S/C22H26FNO3/c1-4-24(16-18-8-7-9-19(23)14-18)22(25)13-11-17-10-12-20(26-5-2)21(15-17)27-6-3/h7-15H,4-6,16H2,1-3H3/b13-11+. The van der Waals surface area contributed by atoms with Crippen LogP contribution in [-0.4, -0.2) is 30.6 Å². The number of halogens is 1. The molecule has 0 bridgehead atoms. The third-order valence-corrected chi connectivity index (χ3v) is 3.94. The van der Waals surface area contributed by atoms with Gasteiger partial charge in [0.1, 0.15) is 5.82 Å². The van der Waals surface area contributed by atoms with E-state index >= 15 is 0 Å². The Morgan fingerprint density at radius 2 is 1.78 bits per heavy atom. The van der Waals surface area contributed by atoms with Crippen LogP contribution in [0, 0.1) is 5.82 Å². The van der Waals surface area contributed by atoms with Crippen LogP contribution in [-0.2, 0) is 11.3 Å². The van der Waals surface area contributed by atoms with Crippen LogP contribution in [0.1, 0.15) is 31.9 Å². The van der Waals surface area contributed by atoms with Gasteiger partial charge in [0.05, 0.1) is 13.2 Å². The first-order valence-electron chi connectivity index (χ1n) is 9.18. The molecule has 2 rings (SSSR count). The maximum absolute atomic E-state index is 13.3. The molecule has 0 aliphatic rings. The zero-order chi connectivity index (χ0) is 19.6. The van der Waals surface area contributed by atoms with Gasteiger partial charge in [0, 0.05) is 19.2 Å². The number of hydrogen-bond donors (Lipinski definition) is 0. The Kier molecular flexibility index (Phi) is 7.86. The Morgan fingerprint density at radius 1 is 1.04 bits per heavy atom. The topological polar surface area (TPSA) is 38.8 Å². The Labute approximate surface area is 160 Å². The van der Waals surface area contributed by atoms with E-state index in [9.17, 15) is 9.18 Å². The molecule has 0 aliphatic heterocycles. The smallest absolute Gasteiger partial charge is 0.246 e. The first kappa shape index (κ1) is 20.5. The largest absolute Gasteiger partial charge is 0.490 e. The predicted molar refractivity (Wildman–Crippen MR) is 105 cm³/mol. The van der Waals surface area contributed by atoms with E-state index in [2.05, 4.69) is 0 Å². The van der Waals surface area contributed by atoms with Crippen molar-refractivity contribution in [3.63, 3.8) is 0 Å². The van der Waals surface area contributed by atoms with Crippen LogP contribution in [0.3, 0.4) is 0 Å². The number of benzene rings is 2. The quantitative estimate of drug-likeness (QED) is 0.601. The molecule has 1 amide bonds. The highest BCUT2D eigenvalue weighted by atomic mass is 19.1. The van der Waals surface area contributed by atoms with Gasteiger partial charge < -0.3 is 14.4 Å². The van der Waals surface area contributed by atoms with E-state index < -0.39 is 0 Å². The second-order valence-electron chi connectivity index (χ2n) is 5.89. The predicted octanol–water partition coefficient (Wildman–Crippen LogP) is 4.69. The number of carbonyl (C=O) groups excluding carboxylic acids is 1. The van der Waals surface area contributed by atoms with Gasteiger partial charge in [-0.1, -0.05) is 18.2 Å². The summed E-state index contributed by atoms with van der Waals surface area (Å²) in [5, 5.41) is 0. The van der Waals surface area contributed by atoms with Gasteiger partial charge in [-0.15, -0.1) is 0 Å². The molecular formula is C22H26FNO3. The summed E-state index contributed by atoms with van der Waals surface area (Å²) < 4.78 is 24.5. The number of carbonyl (C=O) groups is 1. The highest BCUT2D eigenvalue weighted by Gasteiger charge is 2.10. The van der Waals surface area contributed by atoms with Gasteiger partial charge in [-0.3, -0.25) is 4.79 Å². The number of ether oxygens (including phenoxy) is 2. The normalized spacial score (nSPS) is 10.8. The van der Waals surface area contributed by atoms with Crippen molar-refractivity contribution in [3.05, 3.63) is 65.5 Å². The number of nitrogens with zero attached hydrogens (tertiary/aromatic N) is 1. The fraction of sp³-hybridized carbons (Fsp3) is 0.318. The lowest BCUT2D eigenvalue weighted by molar-refractivity contribution is -0.126. The summed E-state index contributed by atoms with van der Waals surface area (Å²) in [5.74, 6) is 0.906. The average molecular weight is 371 g/mol. The molecular weight excluding hydrogens is 345 g/mol. The molecule has 4 nitrogen and oxygen atoms in total. The molecule has 2 aromatic carbocycles. The minimum absolute atomic E-state index is 0.131. The van der Waals surface area contributed by atoms with Gasteiger partial charge in [-0.2, -0.15) is 0 Å². The van der Waals surface area contributed by atoms with Gasteiger partial charge in [0.2, 0.25) is 5.91 Å². The van der Waals surface area contributed by atoms with Crippen molar-refractivity contribution >= 4 is 12.0 Å². The van der Waals surface area contributed by atoms with Crippen LogP contribution in [0.4, 0.5) is 4.39 Å². The third-order valence-electron chi connectivity index (χ3n) is 3.94. The molecule has 144 valence electrons. The van der Waals surface area contributed by atoms with E-state index in [1.54, 1.807) is 17.0 Å². The van der Waals surface area contributed by atoms with Crippen LogP contribution in [0.2, 0.25) is 0 Å². The second kappa shape index (κ2) is 10.4. The van der Waals surface area contributed by atoms with Crippen molar-refractivity contribution in [2.24, 2.45) is 0 Å². The highest BCUT2D eigenvalue weighted by Crippen LogP contribution is 2.29. The maximum Gasteiger partial charge on any atom is 0.246 e. The SMILES string of the molecule is CCOc1ccc(/C=C/C(=O)N(CC)Cc2cccc(F)c2)cc1OCC. The second-order valence-corrected chi connectivity index (χ2v) is 5.89. The molecule has 0 saturated heterocycles. The summed E-state index contributed by atoms with van der Waals surface area (Å²) >= 11 is 0. The molecule has 0 spiro atoms. The molecule has 0 N–H and O–H groups in total. The van der Waals surface area contributed by atoms with Crippen LogP contribution >= 0.6 is 0 Å². The van der Waals surface area contributed by atoms with Crippen LogP contribution < -0.4 is 9.47 Å². The van der Waals surface area contributed by atoms with E-state index in [0.717, 1.165) is 11.1 Å². The van der Waals surface area contributed by atoms with Gasteiger partial charge in [-0.25, -0.2) is 4.39 Å². The first-order chi connectivity index (χ1) is 13.1. The molecule has 0 unspecified atom stereocenters. The maximum atomic E-state index is 13.3. The third kappa shape index (κ3) is 6.13. The minimum Gasteiger partial charge on any atom is -0.490 e. The summed E-state index contributed by atoms with van der Waals surface area (Å²) in [6, 6.07) is 11.9. The van der Waals surface area contributed by atoms with Gasteiger partial charge >= 0.3 is 0 Å². The summed E-state index contributed by atoms with van der Waals surface area (Å²) in [4.78, 5) is 14.2. The zero-order valence-electron chi connectivity index (χ0n) is 16.1. The Bertz CT molecular complexity index is 789. The molecule has 0 aromatic heterocycles. The van der Waals surface area contributed by atoms with Crippen molar-refractivity contribution in [1.29, 1.82) is 0 Å². The van der Waals surface area contributed by atoms with Gasteiger partial charge in [0.15, 0.2) is 11.5 Å². The number of likely N-dealkylation sites (N-methyl/N-ethyl adjacent to an activating group) is 1. The van der Waals surface area contributed by atoms with Crippen molar-refractivity contribution in [2.75, 3.05) is 19.8 Å². The van der Waals surface area contributed by atoms with Gasteiger partial charge in [0.25, 0.3) is 0 Å². The van der Waals surface area contributed by atoms with Crippen molar-refractivity contribution in [1.82, 2.24) is 4.90 Å². The van der Waals surface area contributed by atoms with Crippen molar-refractivity contribution in [2.45, 2.75) is 27.3 Å². The molecule has 0 atom stereocenters. The molecule has 5 heteroatoms. The lowest BCUT2D eigenvalue weighted by Crippen LogP contribution is -2.28. The summed E-state index contributed by atoms with van der Waals surface area (Å²) in [6.07, 6.45) is 3.27. The van der Waals surface area contributed by atoms with Crippen LogP contribution in [0.25, 0.3) is 6.08 Å².